The maximum atomic E-state index is 12.1. The highest BCUT2D eigenvalue weighted by Gasteiger charge is 2.17. The molecule has 0 fully saturated rings. The smallest absolute Gasteiger partial charge is 0.342 e. The van der Waals surface area contributed by atoms with E-state index in [9.17, 15) is 9.59 Å². The highest BCUT2D eigenvalue weighted by atomic mass is 32.2. The predicted octanol–water partition coefficient (Wildman–Crippen LogP) is 3.88. The molecular weight excluding hydrogens is 340 g/mol. The van der Waals surface area contributed by atoms with E-state index in [-0.39, 0.29) is 0 Å². The number of carbonyl (C=O) groups is 2. The van der Waals surface area contributed by atoms with Crippen LogP contribution in [0.2, 0.25) is 0 Å². The minimum atomic E-state index is -0.598. The third-order valence-electron chi connectivity index (χ3n) is 3.53. The Kier molecular flexibility index (Phi) is 5.88. The fourth-order valence-corrected chi connectivity index (χ4v) is 3.03. The van der Waals surface area contributed by atoms with Gasteiger partial charge >= 0.3 is 5.97 Å². The molecule has 2 aromatic rings. The largest absolute Gasteiger partial charge is 0.466 e. The van der Waals surface area contributed by atoms with Gasteiger partial charge in [0.15, 0.2) is 6.61 Å². The lowest BCUT2D eigenvalue weighted by Crippen LogP contribution is -2.22. The molecule has 0 atom stereocenters. The Morgan fingerprint density at radius 2 is 1.84 bits per heavy atom. The van der Waals surface area contributed by atoms with Crippen LogP contribution in [0, 0.1) is 38.4 Å². The first-order chi connectivity index (χ1) is 11.8. The van der Waals surface area contributed by atoms with Gasteiger partial charge in [0.2, 0.25) is 0 Å². The SMILES string of the molecule is Cc1cc(C(=O)OCC(=O)Nc2c(C)cc(SC#N)cc2C)c(C)o1. The first-order valence-electron chi connectivity index (χ1n) is 7.53. The van der Waals surface area contributed by atoms with Gasteiger partial charge in [-0.2, -0.15) is 5.26 Å². The van der Waals surface area contributed by atoms with Crippen LogP contribution in [-0.4, -0.2) is 18.5 Å². The van der Waals surface area contributed by atoms with Crippen LogP contribution >= 0.6 is 11.8 Å². The van der Waals surface area contributed by atoms with Gasteiger partial charge in [0.05, 0.1) is 0 Å². The van der Waals surface area contributed by atoms with E-state index in [1.165, 1.54) is 0 Å². The number of nitrogens with zero attached hydrogens (tertiary/aromatic N) is 1. The summed E-state index contributed by atoms with van der Waals surface area (Å²) in [7, 11) is 0. The zero-order valence-electron chi connectivity index (χ0n) is 14.4. The van der Waals surface area contributed by atoms with Gasteiger partial charge in [-0.05, 0) is 68.8 Å². The molecule has 0 spiro atoms. The van der Waals surface area contributed by atoms with Crippen molar-refractivity contribution in [2.24, 2.45) is 0 Å². The van der Waals surface area contributed by atoms with Crippen LogP contribution in [0.3, 0.4) is 0 Å². The quantitative estimate of drug-likeness (QED) is 0.495. The molecule has 1 amide bonds. The lowest BCUT2D eigenvalue weighted by atomic mass is 10.1. The Morgan fingerprint density at radius 1 is 1.20 bits per heavy atom. The molecule has 0 bridgehead atoms. The second kappa shape index (κ2) is 7.90. The predicted molar refractivity (Wildman–Crippen MR) is 94.5 cm³/mol. The van der Waals surface area contributed by atoms with Crippen molar-refractivity contribution >= 4 is 29.3 Å². The summed E-state index contributed by atoms with van der Waals surface area (Å²) in [5.74, 6) is 0.0347. The number of ether oxygens (including phenoxy) is 1. The van der Waals surface area contributed by atoms with Crippen molar-refractivity contribution < 1.29 is 18.7 Å². The van der Waals surface area contributed by atoms with Crippen LogP contribution in [0.25, 0.3) is 0 Å². The minimum Gasteiger partial charge on any atom is -0.466 e. The number of thioether (sulfide) groups is 1. The lowest BCUT2D eigenvalue weighted by molar-refractivity contribution is -0.119. The molecule has 1 N–H and O–H groups in total. The van der Waals surface area contributed by atoms with Crippen molar-refractivity contribution in [2.45, 2.75) is 32.6 Å². The van der Waals surface area contributed by atoms with Gasteiger partial charge in [-0.15, -0.1) is 0 Å². The number of rotatable bonds is 5. The molecule has 6 nitrogen and oxygen atoms in total. The highest BCUT2D eigenvalue weighted by molar-refractivity contribution is 8.03. The molecule has 2 rings (SSSR count). The van der Waals surface area contributed by atoms with Crippen molar-refractivity contribution in [3.63, 3.8) is 0 Å². The summed E-state index contributed by atoms with van der Waals surface area (Å²) in [6.45, 7) is 6.69. The molecule has 0 aliphatic rings. The van der Waals surface area contributed by atoms with Crippen LogP contribution in [0.15, 0.2) is 27.5 Å². The Bertz CT molecular complexity index is 841. The number of thiocyanates is 1. The zero-order valence-corrected chi connectivity index (χ0v) is 15.2. The number of hydrogen-bond acceptors (Lipinski definition) is 6. The standard InChI is InChI=1S/C18H18N2O4S/c1-10-5-14(25-9-19)6-11(2)17(10)20-16(21)8-23-18(22)15-7-12(3)24-13(15)4/h5-7H,8H2,1-4H3,(H,20,21). The molecular formula is C18H18N2O4S. The Hall–Kier alpha value is -2.72. The summed E-state index contributed by atoms with van der Waals surface area (Å²) < 4.78 is 10.3. The first-order valence-corrected chi connectivity index (χ1v) is 8.34. The molecule has 0 saturated heterocycles. The lowest BCUT2D eigenvalue weighted by Gasteiger charge is -2.13. The van der Waals surface area contributed by atoms with Crippen molar-refractivity contribution in [2.75, 3.05) is 11.9 Å². The van der Waals surface area contributed by atoms with Gasteiger partial charge < -0.3 is 14.5 Å². The summed E-state index contributed by atoms with van der Waals surface area (Å²) >= 11 is 1.06. The van der Waals surface area contributed by atoms with E-state index >= 15 is 0 Å². The van der Waals surface area contributed by atoms with Gasteiger partial charge in [-0.25, -0.2) is 4.79 Å². The molecule has 1 aromatic carbocycles. The van der Waals surface area contributed by atoms with Crippen LogP contribution in [-0.2, 0) is 9.53 Å². The molecule has 1 heterocycles. The van der Waals surface area contributed by atoms with Crippen LogP contribution < -0.4 is 5.32 Å². The maximum Gasteiger partial charge on any atom is 0.342 e. The molecule has 1 aromatic heterocycles. The van der Waals surface area contributed by atoms with Gasteiger partial charge in [-0.3, -0.25) is 4.79 Å². The van der Waals surface area contributed by atoms with Crippen molar-refractivity contribution in [3.8, 4) is 5.40 Å². The maximum absolute atomic E-state index is 12.1. The van der Waals surface area contributed by atoms with Gasteiger partial charge in [0.25, 0.3) is 5.91 Å². The number of esters is 1. The van der Waals surface area contributed by atoms with E-state index in [1.807, 2.05) is 31.4 Å². The van der Waals surface area contributed by atoms with E-state index < -0.39 is 18.5 Å². The Morgan fingerprint density at radius 3 is 2.36 bits per heavy atom. The van der Waals surface area contributed by atoms with E-state index in [2.05, 4.69) is 5.32 Å². The third-order valence-corrected chi connectivity index (χ3v) is 4.09. The summed E-state index contributed by atoms with van der Waals surface area (Å²) in [5, 5.41) is 13.5. The van der Waals surface area contributed by atoms with E-state index in [1.54, 1.807) is 19.9 Å². The number of carbonyl (C=O) groups excluding carboxylic acids is 2. The van der Waals surface area contributed by atoms with Crippen LogP contribution in [0.5, 0.6) is 0 Å². The summed E-state index contributed by atoms with van der Waals surface area (Å²) in [6, 6.07) is 5.22. The van der Waals surface area contributed by atoms with Crippen molar-refractivity contribution in [3.05, 3.63) is 46.4 Å². The second-order valence-corrected chi connectivity index (χ2v) is 6.43. The normalized spacial score (nSPS) is 10.2. The second-order valence-electron chi connectivity index (χ2n) is 5.58. The monoisotopic (exact) mass is 358 g/mol. The molecule has 25 heavy (non-hydrogen) atoms. The molecule has 0 radical (unpaired) electrons. The van der Waals surface area contributed by atoms with Gasteiger partial charge in [-0.1, -0.05) is 0 Å². The topological polar surface area (TPSA) is 92.3 Å². The number of anilines is 1. The molecule has 7 heteroatoms. The van der Waals surface area contributed by atoms with E-state index in [4.69, 9.17) is 14.4 Å². The fourth-order valence-electron chi connectivity index (χ4n) is 2.45. The van der Waals surface area contributed by atoms with Gasteiger partial charge in [0, 0.05) is 10.6 Å². The number of furan rings is 1. The number of benzene rings is 1. The summed E-state index contributed by atoms with van der Waals surface area (Å²) in [4.78, 5) is 24.9. The number of aryl methyl sites for hydroxylation is 4. The number of amides is 1. The summed E-state index contributed by atoms with van der Waals surface area (Å²) in [5.41, 5.74) is 2.63. The summed E-state index contributed by atoms with van der Waals surface area (Å²) in [6.07, 6.45) is 0. The first kappa shape index (κ1) is 18.6. The zero-order chi connectivity index (χ0) is 18.6. The van der Waals surface area contributed by atoms with Crippen LogP contribution in [0.1, 0.15) is 33.0 Å². The fraction of sp³-hybridized carbons (Fsp3) is 0.278. The van der Waals surface area contributed by atoms with E-state index in [0.29, 0.717) is 22.8 Å². The molecule has 0 aliphatic carbocycles. The Balaban J connectivity index is 2.00. The molecule has 0 unspecified atom stereocenters. The number of nitriles is 1. The molecule has 0 aliphatic heterocycles. The van der Waals surface area contributed by atoms with Crippen molar-refractivity contribution in [1.82, 2.24) is 0 Å². The van der Waals surface area contributed by atoms with Crippen LogP contribution in [0.4, 0.5) is 5.69 Å². The van der Waals surface area contributed by atoms with Gasteiger partial charge in [0.1, 0.15) is 22.5 Å². The minimum absolute atomic E-state index is 0.315. The van der Waals surface area contributed by atoms with Crippen molar-refractivity contribution in [1.29, 1.82) is 5.26 Å². The average molecular weight is 358 g/mol. The van der Waals surface area contributed by atoms with E-state index in [0.717, 1.165) is 27.8 Å². The molecule has 0 saturated carbocycles. The number of nitrogens with one attached hydrogen (secondary N) is 1. The molecule has 130 valence electrons. The average Bonchev–Trinajstić information content (AvgIpc) is 2.87. The third kappa shape index (κ3) is 4.64. The highest BCUT2D eigenvalue weighted by Crippen LogP contribution is 2.27. The Labute approximate surface area is 150 Å². The number of hydrogen-bond donors (Lipinski definition) is 1.